The van der Waals surface area contributed by atoms with Gasteiger partial charge in [-0.1, -0.05) is 12.1 Å². The largest absolute Gasteiger partial charge is 0.497 e. The number of pyridine rings is 1. The SMILES string of the molecule is COc1ccc2nc(C(=O)N3CCN(S(=O)(=O)c4cccs4)CC3)ccc2c1. The zero-order valence-corrected chi connectivity index (χ0v) is 16.9. The molecule has 0 bridgehead atoms. The van der Waals surface area contributed by atoms with Crippen LogP contribution in [-0.2, 0) is 10.0 Å². The summed E-state index contributed by atoms with van der Waals surface area (Å²) in [4.78, 5) is 18.9. The van der Waals surface area contributed by atoms with Crippen LogP contribution in [0.3, 0.4) is 0 Å². The van der Waals surface area contributed by atoms with Crippen molar-refractivity contribution in [1.29, 1.82) is 0 Å². The molecule has 0 radical (unpaired) electrons. The van der Waals surface area contributed by atoms with E-state index in [2.05, 4.69) is 4.98 Å². The van der Waals surface area contributed by atoms with Gasteiger partial charge in [-0.2, -0.15) is 4.31 Å². The van der Waals surface area contributed by atoms with Gasteiger partial charge in [0.05, 0.1) is 12.6 Å². The highest BCUT2D eigenvalue weighted by molar-refractivity contribution is 7.91. The number of aromatic nitrogens is 1. The molecule has 0 atom stereocenters. The number of carbonyl (C=O) groups is 1. The number of piperazine rings is 1. The fourth-order valence-electron chi connectivity index (χ4n) is 3.18. The molecule has 0 saturated carbocycles. The van der Waals surface area contributed by atoms with Gasteiger partial charge in [0.1, 0.15) is 15.7 Å². The Morgan fingerprint density at radius 2 is 1.89 bits per heavy atom. The first-order valence-corrected chi connectivity index (χ1v) is 11.1. The van der Waals surface area contributed by atoms with Crippen LogP contribution < -0.4 is 4.74 Å². The molecule has 1 aromatic carbocycles. The summed E-state index contributed by atoms with van der Waals surface area (Å²) in [5.74, 6) is 0.544. The van der Waals surface area contributed by atoms with Crippen molar-refractivity contribution in [1.82, 2.24) is 14.2 Å². The number of nitrogens with zero attached hydrogens (tertiary/aromatic N) is 3. The molecule has 1 fully saturated rings. The quantitative estimate of drug-likeness (QED) is 0.652. The number of carbonyl (C=O) groups excluding carboxylic acids is 1. The molecule has 1 aliphatic rings. The third-order valence-electron chi connectivity index (χ3n) is 4.73. The molecule has 1 amide bonds. The van der Waals surface area contributed by atoms with Crippen molar-refractivity contribution in [2.75, 3.05) is 33.3 Å². The molecule has 1 aliphatic heterocycles. The van der Waals surface area contributed by atoms with Crippen molar-refractivity contribution < 1.29 is 17.9 Å². The van der Waals surface area contributed by atoms with Crippen LogP contribution in [0.25, 0.3) is 10.9 Å². The molecule has 0 N–H and O–H groups in total. The van der Waals surface area contributed by atoms with Crippen molar-refractivity contribution in [3.63, 3.8) is 0 Å². The van der Waals surface area contributed by atoms with Gasteiger partial charge in [-0.25, -0.2) is 13.4 Å². The monoisotopic (exact) mass is 417 g/mol. The molecule has 146 valence electrons. The first-order valence-electron chi connectivity index (χ1n) is 8.77. The first kappa shape index (κ1) is 18.9. The lowest BCUT2D eigenvalue weighted by molar-refractivity contribution is 0.0692. The third kappa shape index (κ3) is 3.48. The van der Waals surface area contributed by atoms with Crippen LogP contribution in [0, 0.1) is 0 Å². The van der Waals surface area contributed by atoms with Crippen LogP contribution >= 0.6 is 11.3 Å². The number of ether oxygens (including phenoxy) is 1. The highest BCUT2D eigenvalue weighted by Crippen LogP contribution is 2.23. The second-order valence-electron chi connectivity index (χ2n) is 6.38. The Morgan fingerprint density at radius 3 is 2.57 bits per heavy atom. The summed E-state index contributed by atoms with van der Waals surface area (Å²) in [7, 11) is -1.88. The van der Waals surface area contributed by atoms with Gasteiger partial charge in [0.15, 0.2) is 0 Å². The first-order chi connectivity index (χ1) is 13.5. The van der Waals surface area contributed by atoms with Crippen LogP contribution in [0.15, 0.2) is 52.1 Å². The number of rotatable bonds is 4. The Labute approximate surface area is 167 Å². The van der Waals surface area contributed by atoms with Crippen molar-refractivity contribution in [3.8, 4) is 5.75 Å². The maximum Gasteiger partial charge on any atom is 0.272 e. The summed E-state index contributed by atoms with van der Waals surface area (Å²) in [5, 5.41) is 2.64. The van der Waals surface area contributed by atoms with Crippen LogP contribution in [0.5, 0.6) is 5.75 Å². The van der Waals surface area contributed by atoms with E-state index < -0.39 is 10.0 Å². The number of benzene rings is 1. The number of hydrogen-bond acceptors (Lipinski definition) is 6. The van der Waals surface area contributed by atoms with Crippen LogP contribution in [0.2, 0.25) is 0 Å². The second-order valence-corrected chi connectivity index (χ2v) is 9.50. The van der Waals surface area contributed by atoms with Crippen LogP contribution in [0.1, 0.15) is 10.5 Å². The minimum absolute atomic E-state index is 0.189. The van der Waals surface area contributed by atoms with Gasteiger partial charge in [0.25, 0.3) is 15.9 Å². The van der Waals surface area contributed by atoms with E-state index in [4.69, 9.17) is 4.74 Å². The maximum absolute atomic E-state index is 12.8. The van der Waals surface area contributed by atoms with E-state index in [9.17, 15) is 13.2 Å². The van der Waals surface area contributed by atoms with E-state index in [0.717, 1.165) is 11.1 Å². The Morgan fingerprint density at radius 1 is 1.11 bits per heavy atom. The lowest BCUT2D eigenvalue weighted by Crippen LogP contribution is -2.50. The predicted octanol–water partition coefficient (Wildman–Crippen LogP) is 2.45. The molecule has 0 unspecified atom stereocenters. The standard InChI is InChI=1S/C19H19N3O4S2/c1-26-15-5-7-16-14(13-15)4-6-17(20-16)19(23)21-8-10-22(11-9-21)28(24,25)18-3-2-12-27-18/h2-7,12-13H,8-11H2,1H3. The summed E-state index contributed by atoms with van der Waals surface area (Å²) >= 11 is 1.20. The molecule has 3 heterocycles. The molecule has 28 heavy (non-hydrogen) atoms. The summed E-state index contributed by atoms with van der Waals surface area (Å²) in [5.41, 5.74) is 1.07. The molecule has 9 heteroatoms. The van der Waals surface area contributed by atoms with E-state index in [1.54, 1.807) is 41.7 Å². The number of methoxy groups -OCH3 is 1. The lowest BCUT2D eigenvalue weighted by atomic mass is 10.2. The molecule has 1 saturated heterocycles. The third-order valence-corrected chi connectivity index (χ3v) is 8.00. The van der Waals surface area contributed by atoms with E-state index in [-0.39, 0.29) is 19.0 Å². The average molecular weight is 418 g/mol. The van der Waals surface area contributed by atoms with Gasteiger partial charge in [-0.05, 0) is 35.7 Å². The second kappa shape index (κ2) is 7.50. The topological polar surface area (TPSA) is 79.8 Å². The van der Waals surface area contributed by atoms with E-state index >= 15 is 0 Å². The smallest absolute Gasteiger partial charge is 0.272 e. The van der Waals surface area contributed by atoms with Gasteiger partial charge in [-0.3, -0.25) is 4.79 Å². The van der Waals surface area contributed by atoms with Crippen molar-refractivity contribution in [2.45, 2.75) is 4.21 Å². The summed E-state index contributed by atoms with van der Waals surface area (Å²) in [6, 6.07) is 12.3. The molecule has 4 rings (SSSR count). The van der Waals surface area contributed by atoms with Gasteiger partial charge < -0.3 is 9.64 Å². The van der Waals surface area contributed by atoms with Gasteiger partial charge in [-0.15, -0.1) is 11.3 Å². The molecule has 7 nitrogen and oxygen atoms in total. The molecule has 2 aromatic heterocycles. The number of fused-ring (bicyclic) bond motifs is 1. The predicted molar refractivity (Wildman–Crippen MR) is 107 cm³/mol. The average Bonchev–Trinajstić information content (AvgIpc) is 3.28. The molecular formula is C19H19N3O4S2. The fourth-order valence-corrected chi connectivity index (χ4v) is 5.75. The minimum atomic E-state index is -3.48. The Balaban J connectivity index is 1.47. The highest BCUT2D eigenvalue weighted by atomic mass is 32.2. The Hall–Kier alpha value is -2.49. The Bertz CT molecular complexity index is 1110. The molecule has 3 aromatic rings. The van der Waals surface area contributed by atoms with E-state index in [1.807, 2.05) is 18.2 Å². The van der Waals surface area contributed by atoms with Crippen LogP contribution in [0.4, 0.5) is 0 Å². The Kier molecular flexibility index (Phi) is 5.05. The van der Waals surface area contributed by atoms with Crippen molar-refractivity contribution in [2.24, 2.45) is 0 Å². The summed E-state index contributed by atoms with van der Waals surface area (Å²) < 4.78 is 32.2. The van der Waals surface area contributed by atoms with Gasteiger partial charge >= 0.3 is 0 Å². The molecular weight excluding hydrogens is 398 g/mol. The summed E-state index contributed by atoms with van der Waals surface area (Å²) in [6.45, 7) is 1.23. The van der Waals surface area contributed by atoms with E-state index in [1.165, 1.54) is 15.6 Å². The summed E-state index contributed by atoms with van der Waals surface area (Å²) in [6.07, 6.45) is 0. The zero-order chi connectivity index (χ0) is 19.7. The fraction of sp³-hybridized carbons (Fsp3) is 0.263. The number of hydrogen-bond donors (Lipinski definition) is 0. The number of amides is 1. The molecule has 0 aliphatic carbocycles. The highest BCUT2D eigenvalue weighted by Gasteiger charge is 2.31. The van der Waals surface area contributed by atoms with Crippen molar-refractivity contribution >= 4 is 38.2 Å². The normalized spacial score (nSPS) is 15.7. The molecule has 0 spiro atoms. The lowest BCUT2D eigenvalue weighted by Gasteiger charge is -2.33. The number of thiophene rings is 1. The van der Waals surface area contributed by atoms with Gasteiger partial charge in [0, 0.05) is 31.6 Å². The zero-order valence-electron chi connectivity index (χ0n) is 15.2. The van der Waals surface area contributed by atoms with Gasteiger partial charge in [0.2, 0.25) is 0 Å². The van der Waals surface area contributed by atoms with E-state index in [0.29, 0.717) is 28.5 Å². The van der Waals surface area contributed by atoms with Crippen molar-refractivity contribution in [3.05, 3.63) is 53.5 Å². The number of sulfonamides is 1. The maximum atomic E-state index is 12.8. The minimum Gasteiger partial charge on any atom is -0.497 e. The van der Waals surface area contributed by atoms with Crippen LogP contribution in [-0.4, -0.2) is 61.8 Å².